The van der Waals surface area contributed by atoms with Crippen molar-refractivity contribution in [2.24, 2.45) is 0 Å². The Morgan fingerprint density at radius 3 is 2.79 bits per heavy atom. The van der Waals surface area contributed by atoms with E-state index in [2.05, 4.69) is 10.3 Å². The fourth-order valence-corrected chi connectivity index (χ4v) is 3.13. The highest BCUT2D eigenvalue weighted by atomic mass is 32.1. The molecular weight excluding hydrogens is 260 g/mol. The smallest absolute Gasteiger partial charge is 0.329 e. The molecule has 1 atom stereocenters. The van der Waals surface area contributed by atoms with Crippen LogP contribution in [0.5, 0.6) is 0 Å². The Balaban J connectivity index is 2.02. The molecule has 19 heavy (non-hydrogen) atoms. The summed E-state index contributed by atoms with van der Waals surface area (Å²) in [5.41, 5.74) is 2.55. The summed E-state index contributed by atoms with van der Waals surface area (Å²) < 4.78 is 5.16. The monoisotopic (exact) mass is 282 g/mol. The average Bonchev–Trinajstić information content (AvgIpc) is 2.80. The van der Waals surface area contributed by atoms with Crippen LogP contribution in [0.3, 0.4) is 0 Å². The first-order chi connectivity index (χ1) is 9.31. The van der Waals surface area contributed by atoms with Crippen LogP contribution in [0.25, 0.3) is 0 Å². The van der Waals surface area contributed by atoms with Crippen molar-refractivity contribution < 1.29 is 9.53 Å². The average molecular weight is 282 g/mol. The number of ether oxygens (including phenoxy) is 1. The van der Waals surface area contributed by atoms with Gasteiger partial charge in [-0.05, 0) is 19.8 Å². The lowest BCUT2D eigenvalue weighted by Crippen LogP contribution is -2.38. The molecule has 1 fully saturated rings. The van der Waals surface area contributed by atoms with Crippen LogP contribution >= 0.6 is 11.3 Å². The quantitative estimate of drug-likeness (QED) is 0.666. The fourth-order valence-electron chi connectivity index (χ4n) is 2.55. The Morgan fingerprint density at radius 1 is 1.47 bits per heavy atom. The van der Waals surface area contributed by atoms with E-state index in [0.717, 1.165) is 18.5 Å². The van der Waals surface area contributed by atoms with E-state index < -0.39 is 6.04 Å². The number of thiazole rings is 1. The molecule has 5 heteroatoms. The topological polar surface area (TPSA) is 51.2 Å². The first-order valence-corrected chi connectivity index (χ1v) is 8.06. The molecule has 1 N–H and O–H groups in total. The minimum Gasteiger partial charge on any atom is -0.465 e. The maximum absolute atomic E-state index is 12.1. The lowest BCUT2D eigenvalue weighted by atomic mass is 10.1. The van der Waals surface area contributed by atoms with Gasteiger partial charge >= 0.3 is 5.97 Å². The molecule has 1 aliphatic carbocycles. The standard InChI is InChI=1S/C14H22N2O2S/c1-2-18-14(17)13(12-9-19-10-15-12)16-11-7-5-3-4-6-8-11/h9-11,13,16H,2-8H2,1H3. The zero-order valence-electron chi connectivity index (χ0n) is 11.4. The number of rotatable bonds is 5. The number of carbonyl (C=O) groups excluding carboxylic acids is 1. The number of nitrogens with one attached hydrogen (secondary N) is 1. The van der Waals surface area contributed by atoms with Gasteiger partial charge in [-0.15, -0.1) is 11.3 Å². The lowest BCUT2D eigenvalue weighted by molar-refractivity contribution is -0.146. The van der Waals surface area contributed by atoms with Crippen LogP contribution in [0, 0.1) is 0 Å². The molecule has 1 heterocycles. The van der Waals surface area contributed by atoms with E-state index in [1.54, 1.807) is 5.51 Å². The van der Waals surface area contributed by atoms with Crippen molar-refractivity contribution in [3.05, 3.63) is 16.6 Å². The van der Waals surface area contributed by atoms with E-state index in [9.17, 15) is 4.79 Å². The van der Waals surface area contributed by atoms with Crippen molar-refractivity contribution in [1.29, 1.82) is 0 Å². The van der Waals surface area contributed by atoms with Crippen molar-refractivity contribution in [3.8, 4) is 0 Å². The third kappa shape index (κ3) is 4.28. The van der Waals surface area contributed by atoms with Gasteiger partial charge in [0.2, 0.25) is 0 Å². The molecule has 0 aromatic carbocycles. The Morgan fingerprint density at radius 2 is 2.21 bits per heavy atom. The number of esters is 1. The van der Waals surface area contributed by atoms with Crippen LogP contribution in [-0.4, -0.2) is 23.6 Å². The normalized spacial score (nSPS) is 18.8. The van der Waals surface area contributed by atoms with Crippen LogP contribution in [0.15, 0.2) is 10.9 Å². The van der Waals surface area contributed by atoms with Gasteiger partial charge in [0, 0.05) is 11.4 Å². The van der Waals surface area contributed by atoms with E-state index in [0.29, 0.717) is 12.6 Å². The first kappa shape index (κ1) is 14.5. The molecule has 0 saturated heterocycles. The van der Waals surface area contributed by atoms with Gasteiger partial charge in [0.05, 0.1) is 17.8 Å². The predicted octanol–water partition coefficient (Wildman–Crippen LogP) is 3.06. The van der Waals surface area contributed by atoms with Gasteiger partial charge in [-0.25, -0.2) is 9.78 Å². The lowest BCUT2D eigenvalue weighted by Gasteiger charge is -2.22. The second kappa shape index (κ2) is 7.60. The van der Waals surface area contributed by atoms with Crippen LogP contribution in [0.1, 0.15) is 57.2 Å². The van der Waals surface area contributed by atoms with Gasteiger partial charge in [-0.3, -0.25) is 5.32 Å². The summed E-state index contributed by atoms with van der Waals surface area (Å²) in [5.74, 6) is -0.211. The number of carbonyl (C=O) groups is 1. The van der Waals surface area contributed by atoms with Gasteiger partial charge in [-0.2, -0.15) is 0 Å². The Bertz CT molecular complexity index is 373. The Labute approximate surface area is 118 Å². The largest absolute Gasteiger partial charge is 0.465 e. The van der Waals surface area contributed by atoms with Crippen LogP contribution < -0.4 is 5.32 Å². The van der Waals surface area contributed by atoms with Crippen molar-refractivity contribution in [2.45, 2.75) is 57.5 Å². The van der Waals surface area contributed by atoms with E-state index >= 15 is 0 Å². The molecule has 1 saturated carbocycles. The fraction of sp³-hybridized carbons (Fsp3) is 0.714. The number of nitrogens with zero attached hydrogens (tertiary/aromatic N) is 1. The van der Waals surface area contributed by atoms with Gasteiger partial charge in [-0.1, -0.05) is 25.7 Å². The molecule has 0 amide bonds. The third-order valence-corrected chi connectivity index (χ3v) is 4.13. The van der Waals surface area contributed by atoms with Crippen molar-refractivity contribution in [3.63, 3.8) is 0 Å². The molecule has 4 nitrogen and oxygen atoms in total. The zero-order valence-corrected chi connectivity index (χ0v) is 12.2. The van der Waals surface area contributed by atoms with E-state index in [1.165, 1.54) is 37.0 Å². The van der Waals surface area contributed by atoms with Crippen LogP contribution in [-0.2, 0) is 9.53 Å². The number of aromatic nitrogens is 1. The molecular formula is C14H22N2O2S. The number of hydrogen-bond acceptors (Lipinski definition) is 5. The van der Waals surface area contributed by atoms with Crippen molar-refractivity contribution in [1.82, 2.24) is 10.3 Å². The number of hydrogen-bond donors (Lipinski definition) is 1. The first-order valence-electron chi connectivity index (χ1n) is 7.12. The summed E-state index contributed by atoms with van der Waals surface area (Å²) in [5, 5.41) is 5.37. The Hall–Kier alpha value is -0.940. The molecule has 0 aliphatic heterocycles. The van der Waals surface area contributed by atoms with E-state index in [-0.39, 0.29) is 5.97 Å². The molecule has 0 bridgehead atoms. The van der Waals surface area contributed by atoms with E-state index in [1.807, 2.05) is 12.3 Å². The van der Waals surface area contributed by atoms with Gasteiger partial charge in [0.1, 0.15) is 6.04 Å². The molecule has 106 valence electrons. The molecule has 0 radical (unpaired) electrons. The van der Waals surface area contributed by atoms with Gasteiger partial charge in [0.25, 0.3) is 0 Å². The second-order valence-corrected chi connectivity index (χ2v) is 5.67. The maximum Gasteiger partial charge on any atom is 0.329 e. The van der Waals surface area contributed by atoms with Crippen LogP contribution in [0.2, 0.25) is 0 Å². The molecule has 1 aromatic rings. The molecule has 1 aliphatic rings. The minimum atomic E-state index is -0.408. The molecule has 2 rings (SSSR count). The summed E-state index contributed by atoms with van der Waals surface area (Å²) in [6, 6.07) is -0.00657. The highest BCUT2D eigenvalue weighted by molar-refractivity contribution is 7.07. The SMILES string of the molecule is CCOC(=O)C(NC1CCCCCC1)c1cscn1. The summed E-state index contributed by atoms with van der Waals surface area (Å²) >= 11 is 1.51. The molecule has 0 spiro atoms. The summed E-state index contributed by atoms with van der Waals surface area (Å²) in [7, 11) is 0. The predicted molar refractivity (Wildman–Crippen MR) is 76.1 cm³/mol. The van der Waals surface area contributed by atoms with Gasteiger partial charge in [0.15, 0.2) is 0 Å². The minimum absolute atomic E-state index is 0.211. The third-order valence-electron chi connectivity index (χ3n) is 3.53. The van der Waals surface area contributed by atoms with E-state index in [4.69, 9.17) is 4.74 Å². The van der Waals surface area contributed by atoms with Crippen LogP contribution in [0.4, 0.5) is 0 Å². The second-order valence-electron chi connectivity index (χ2n) is 4.95. The van der Waals surface area contributed by atoms with Gasteiger partial charge < -0.3 is 4.74 Å². The summed E-state index contributed by atoms with van der Waals surface area (Å²) in [6.45, 7) is 2.24. The molecule has 1 unspecified atom stereocenters. The summed E-state index contributed by atoms with van der Waals surface area (Å²) in [4.78, 5) is 16.3. The summed E-state index contributed by atoms with van der Waals surface area (Å²) in [6.07, 6.45) is 7.37. The highest BCUT2D eigenvalue weighted by Crippen LogP contribution is 2.22. The Kier molecular flexibility index (Phi) is 5.79. The maximum atomic E-state index is 12.1. The highest BCUT2D eigenvalue weighted by Gasteiger charge is 2.26. The molecule has 1 aromatic heterocycles. The zero-order chi connectivity index (χ0) is 13.5. The van der Waals surface area contributed by atoms with Crippen molar-refractivity contribution in [2.75, 3.05) is 6.61 Å². The van der Waals surface area contributed by atoms with Crippen molar-refractivity contribution >= 4 is 17.3 Å².